The van der Waals surface area contributed by atoms with Gasteiger partial charge in [-0.2, -0.15) is 0 Å². The van der Waals surface area contributed by atoms with Crippen LogP contribution in [-0.4, -0.2) is 6.54 Å². The molecule has 3 nitrogen and oxygen atoms in total. The van der Waals surface area contributed by atoms with Gasteiger partial charge in [0.25, 0.3) is 0 Å². The molecule has 4 rings (SSSR count). The number of fused-ring (bicyclic) bond motifs is 5. The van der Waals surface area contributed by atoms with Crippen LogP contribution in [0.3, 0.4) is 0 Å². The smallest absolute Gasteiger partial charge is 0.0283 e. The standard InChI is InChI=1S/C27H47N3/c1-19(18-29-30-28)8-7-9-20(2)23-13-14-24-22-12-11-21-10-5-6-16-26(21,3)25(22)15-17-27(23,24)4/h19-25H,5-18H2,1-4H3/t19?,20?,21?,22-,23+,24-,25-,26-,27+/m0/s1. The van der Waals surface area contributed by atoms with E-state index in [0.717, 1.165) is 35.5 Å². The Morgan fingerprint density at radius 1 is 0.900 bits per heavy atom. The van der Waals surface area contributed by atoms with E-state index in [0.29, 0.717) is 23.3 Å². The Morgan fingerprint density at radius 3 is 2.50 bits per heavy atom. The fraction of sp³-hybridized carbons (Fsp3) is 1.00. The van der Waals surface area contributed by atoms with Gasteiger partial charge in [0.15, 0.2) is 0 Å². The first-order chi connectivity index (χ1) is 14.4. The molecule has 0 aromatic rings. The summed E-state index contributed by atoms with van der Waals surface area (Å²) in [6.07, 6.45) is 19.0. The zero-order chi connectivity index (χ0) is 21.4. The minimum Gasteiger partial charge on any atom is -0.0937 e. The lowest BCUT2D eigenvalue weighted by Gasteiger charge is -2.61. The number of azide groups is 1. The van der Waals surface area contributed by atoms with Crippen LogP contribution in [0.15, 0.2) is 5.11 Å². The second kappa shape index (κ2) is 9.05. The molecule has 0 amide bonds. The third kappa shape index (κ3) is 3.94. The predicted octanol–water partition coefficient (Wildman–Crippen LogP) is 8.79. The van der Waals surface area contributed by atoms with Crippen LogP contribution in [0.5, 0.6) is 0 Å². The third-order valence-electron chi connectivity index (χ3n) is 11.2. The molecular formula is C27H47N3. The van der Waals surface area contributed by atoms with Gasteiger partial charge in [-0.05, 0) is 109 Å². The lowest BCUT2D eigenvalue weighted by atomic mass is 9.44. The minimum atomic E-state index is 0.530. The summed E-state index contributed by atoms with van der Waals surface area (Å²) < 4.78 is 0. The lowest BCUT2D eigenvalue weighted by molar-refractivity contribution is -0.114. The van der Waals surface area contributed by atoms with Gasteiger partial charge in [-0.3, -0.25) is 0 Å². The Morgan fingerprint density at radius 2 is 1.70 bits per heavy atom. The molecule has 0 heterocycles. The van der Waals surface area contributed by atoms with Crippen molar-refractivity contribution in [1.82, 2.24) is 0 Å². The Balaban J connectivity index is 1.38. The minimum absolute atomic E-state index is 0.530. The van der Waals surface area contributed by atoms with Gasteiger partial charge >= 0.3 is 0 Å². The molecule has 170 valence electrons. The van der Waals surface area contributed by atoms with E-state index in [1.165, 1.54) is 77.0 Å². The second-order valence-corrected chi connectivity index (χ2v) is 12.6. The van der Waals surface area contributed by atoms with Crippen LogP contribution >= 0.6 is 0 Å². The summed E-state index contributed by atoms with van der Waals surface area (Å²) >= 11 is 0. The highest BCUT2D eigenvalue weighted by molar-refractivity contribution is 5.09. The van der Waals surface area contributed by atoms with Crippen molar-refractivity contribution in [3.63, 3.8) is 0 Å². The molecule has 0 aliphatic heterocycles. The van der Waals surface area contributed by atoms with Crippen molar-refractivity contribution < 1.29 is 0 Å². The van der Waals surface area contributed by atoms with Crippen molar-refractivity contribution in [2.45, 2.75) is 111 Å². The van der Waals surface area contributed by atoms with Gasteiger partial charge < -0.3 is 0 Å². The summed E-state index contributed by atoms with van der Waals surface area (Å²) in [4.78, 5) is 2.92. The quantitative estimate of drug-likeness (QED) is 0.227. The number of nitrogens with zero attached hydrogens (tertiary/aromatic N) is 3. The van der Waals surface area contributed by atoms with Gasteiger partial charge in [0.1, 0.15) is 0 Å². The van der Waals surface area contributed by atoms with E-state index in [1.54, 1.807) is 6.42 Å². The van der Waals surface area contributed by atoms with Gasteiger partial charge in [0.2, 0.25) is 0 Å². The van der Waals surface area contributed by atoms with E-state index in [2.05, 4.69) is 37.7 Å². The summed E-state index contributed by atoms with van der Waals surface area (Å²) in [6.45, 7) is 10.9. The lowest BCUT2D eigenvalue weighted by Crippen LogP contribution is -2.53. The van der Waals surface area contributed by atoms with Crippen LogP contribution in [-0.2, 0) is 0 Å². The number of hydrogen-bond donors (Lipinski definition) is 0. The molecule has 4 aliphatic carbocycles. The van der Waals surface area contributed by atoms with E-state index in [-0.39, 0.29) is 0 Å². The zero-order valence-electron chi connectivity index (χ0n) is 20.3. The van der Waals surface area contributed by atoms with Gasteiger partial charge in [-0.15, -0.1) is 0 Å². The van der Waals surface area contributed by atoms with Crippen LogP contribution in [0.25, 0.3) is 10.4 Å². The van der Waals surface area contributed by atoms with Crippen LogP contribution in [0, 0.1) is 52.3 Å². The van der Waals surface area contributed by atoms with Crippen molar-refractivity contribution in [1.29, 1.82) is 0 Å². The molecule has 0 aromatic heterocycles. The first-order valence-electron chi connectivity index (χ1n) is 13.4. The molecule has 30 heavy (non-hydrogen) atoms. The van der Waals surface area contributed by atoms with E-state index in [9.17, 15) is 0 Å². The van der Waals surface area contributed by atoms with Gasteiger partial charge in [-0.25, -0.2) is 0 Å². The molecule has 0 N–H and O–H groups in total. The Hall–Kier alpha value is -0.690. The molecule has 4 fully saturated rings. The Kier molecular flexibility index (Phi) is 6.79. The van der Waals surface area contributed by atoms with Crippen LogP contribution < -0.4 is 0 Å². The van der Waals surface area contributed by atoms with Crippen LogP contribution in [0.4, 0.5) is 0 Å². The van der Waals surface area contributed by atoms with Crippen molar-refractivity contribution >= 4 is 0 Å². The summed E-state index contributed by atoms with van der Waals surface area (Å²) in [7, 11) is 0. The summed E-state index contributed by atoms with van der Waals surface area (Å²) in [5, 5.41) is 3.77. The van der Waals surface area contributed by atoms with Crippen molar-refractivity contribution in [2.75, 3.05) is 6.54 Å². The highest BCUT2D eigenvalue weighted by atomic mass is 15.1. The van der Waals surface area contributed by atoms with Gasteiger partial charge in [0.05, 0.1) is 0 Å². The van der Waals surface area contributed by atoms with Crippen molar-refractivity contribution in [3.8, 4) is 0 Å². The highest BCUT2D eigenvalue weighted by Crippen LogP contribution is 2.68. The van der Waals surface area contributed by atoms with E-state index in [1.807, 2.05) is 0 Å². The topological polar surface area (TPSA) is 48.8 Å². The molecule has 0 spiro atoms. The fourth-order valence-electron chi connectivity index (χ4n) is 9.53. The molecule has 9 atom stereocenters. The number of hydrogen-bond acceptors (Lipinski definition) is 1. The Bertz CT molecular complexity index is 640. The average Bonchev–Trinajstić information content (AvgIpc) is 3.09. The van der Waals surface area contributed by atoms with Gasteiger partial charge in [-0.1, -0.05) is 64.9 Å². The summed E-state index contributed by atoms with van der Waals surface area (Å²) in [6, 6.07) is 0. The molecule has 4 aliphatic rings. The molecule has 0 bridgehead atoms. The molecular weight excluding hydrogens is 366 g/mol. The average molecular weight is 414 g/mol. The van der Waals surface area contributed by atoms with Crippen molar-refractivity contribution in [2.24, 2.45) is 57.4 Å². The molecule has 0 radical (unpaired) electrons. The Labute approximate surface area is 185 Å². The van der Waals surface area contributed by atoms with E-state index >= 15 is 0 Å². The number of rotatable bonds is 7. The largest absolute Gasteiger partial charge is 0.0937 e. The zero-order valence-corrected chi connectivity index (χ0v) is 20.3. The first-order valence-corrected chi connectivity index (χ1v) is 13.4. The molecule has 3 heteroatoms. The van der Waals surface area contributed by atoms with Crippen LogP contribution in [0.1, 0.15) is 111 Å². The highest BCUT2D eigenvalue weighted by Gasteiger charge is 2.59. The molecule has 3 unspecified atom stereocenters. The predicted molar refractivity (Wildman–Crippen MR) is 126 cm³/mol. The molecule has 4 saturated carbocycles. The normalized spacial score (nSPS) is 44.9. The maximum atomic E-state index is 8.53. The van der Waals surface area contributed by atoms with Crippen molar-refractivity contribution in [3.05, 3.63) is 10.4 Å². The molecule has 0 aromatic carbocycles. The monoisotopic (exact) mass is 413 g/mol. The third-order valence-corrected chi connectivity index (χ3v) is 11.2. The first kappa shape index (κ1) is 22.5. The summed E-state index contributed by atoms with van der Waals surface area (Å²) in [5.74, 6) is 6.43. The fourth-order valence-corrected chi connectivity index (χ4v) is 9.53. The van der Waals surface area contributed by atoms with E-state index in [4.69, 9.17) is 5.53 Å². The second-order valence-electron chi connectivity index (χ2n) is 12.6. The molecule has 0 saturated heterocycles. The maximum Gasteiger partial charge on any atom is 0.0283 e. The SMILES string of the molecule is CC(CCCC(C)[C@H]1CC[C@H]2[C@@H]3CCC4CCCC[C@]4(C)[C@H]3CC[C@]12C)CN=[N+]=[N-]. The van der Waals surface area contributed by atoms with Crippen LogP contribution in [0.2, 0.25) is 0 Å². The summed E-state index contributed by atoms with van der Waals surface area (Å²) in [5.41, 5.74) is 9.81. The van der Waals surface area contributed by atoms with E-state index < -0.39 is 0 Å². The van der Waals surface area contributed by atoms with Gasteiger partial charge in [0, 0.05) is 11.5 Å². The maximum absolute atomic E-state index is 8.53.